The molecule has 0 atom stereocenters. The van der Waals surface area contributed by atoms with E-state index in [1.165, 1.54) is 22.9 Å². The summed E-state index contributed by atoms with van der Waals surface area (Å²) in [7, 11) is 2.14. The maximum Gasteiger partial charge on any atom is 0.185 e. The molecule has 0 bridgehead atoms. The summed E-state index contributed by atoms with van der Waals surface area (Å²) in [4.78, 5) is 10.6. The standard InChI is InChI=1S/C18H24ClN3OS/c1-21(9-6-12-23-17-8-3-2-7-16(17)19)14-15-13-20-18(24-15)22-10-4-5-11-22/h2-3,7-8,13H,4-6,9-12,14H2,1H3. The Morgan fingerprint density at radius 1 is 1.29 bits per heavy atom. The number of ether oxygens (including phenoxy) is 1. The summed E-state index contributed by atoms with van der Waals surface area (Å²) in [6.07, 6.45) is 5.58. The smallest absolute Gasteiger partial charge is 0.185 e. The molecule has 1 saturated heterocycles. The first-order valence-corrected chi connectivity index (χ1v) is 9.67. The first-order valence-electron chi connectivity index (χ1n) is 8.48. The van der Waals surface area contributed by atoms with Crippen LogP contribution in [-0.4, -0.2) is 43.2 Å². The fourth-order valence-corrected chi connectivity index (χ4v) is 4.08. The van der Waals surface area contributed by atoms with E-state index < -0.39 is 0 Å². The summed E-state index contributed by atoms with van der Waals surface area (Å²) < 4.78 is 5.73. The molecular weight excluding hydrogens is 342 g/mol. The molecule has 1 fully saturated rings. The van der Waals surface area contributed by atoms with Crippen LogP contribution >= 0.6 is 22.9 Å². The van der Waals surface area contributed by atoms with Crippen LogP contribution in [0.3, 0.4) is 0 Å². The van der Waals surface area contributed by atoms with Crippen LogP contribution in [0.1, 0.15) is 24.1 Å². The minimum atomic E-state index is 0.671. The lowest BCUT2D eigenvalue weighted by atomic mass is 10.3. The molecule has 6 heteroatoms. The van der Waals surface area contributed by atoms with Crippen molar-refractivity contribution in [3.63, 3.8) is 0 Å². The van der Waals surface area contributed by atoms with Crippen molar-refractivity contribution < 1.29 is 4.74 Å². The zero-order valence-corrected chi connectivity index (χ0v) is 15.7. The van der Waals surface area contributed by atoms with Gasteiger partial charge in [0.05, 0.1) is 11.6 Å². The number of anilines is 1. The van der Waals surface area contributed by atoms with Gasteiger partial charge in [-0.2, -0.15) is 0 Å². The van der Waals surface area contributed by atoms with Gasteiger partial charge in [-0.3, -0.25) is 0 Å². The van der Waals surface area contributed by atoms with Crippen LogP contribution in [0, 0.1) is 0 Å². The number of aromatic nitrogens is 1. The Bertz CT molecular complexity index is 643. The lowest BCUT2D eigenvalue weighted by Crippen LogP contribution is -2.20. The molecule has 3 rings (SSSR count). The van der Waals surface area contributed by atoms with Gasteiger partial charge in [0, 0.05) is 37.3 Å². The zero-order chi connectivity index (χ0) is 16.8. The average Bonchev–Trinajstić information content (AvgIpc) is 3.24. The molecule has 24 heavy (non-hydrogen) atoms. The second-order valence-electron chi connectivity index (χ2n) is 6.17. The highest BCUT2D eigenvalue weighted by Gasteiger charge is 2.16. The molecule has 0 aliphatic carbocycles. The number of rotatable bonds is 8. The topological polar surface area (TPSA) is 28.6 Å². The SMILES string of the molecule is CN(CCCOc1ccccc1Cl)Cc1cnc(N2CCCC2)s1. The van der Waals surface area contributed by atoms with E-state index >= 15 is 0 Å². The molecule has 0 radical (unpaired) electrons. The van der Waals surface area contributed by atoms with Crippen molar-refractivity contribution in [3.05, 3.63) is 40.4 Å². The number of benzene rings is 1. The molecule has 1 aromatic carbocycles. The average molecular weight is 366 g/mol. The van der Waals surface area contributed by atoms with E-state index in [-0.39, 0.29) is 0 Å². The molecule has 1 aliphatic rings. The quantitative estimate of drug-likeness (QED) is 0.652. The number of hydrogen-bond donors (Lipinski definition) is 0. The van der Waals surface area contributed by atoms with Crippen LogP contribution in [0.15, 0.2) is 30.5 Å². The van der Waals surface area contributed by atoms with Crippen LogP contribution in [0.4, 0.5) is 5.13 Å². The van der Waals surface area contributed by atoms with E-state index in [0.717, 1.165) is 38.3 Å². The minimum absolute atomic E-state index is 0.671. The van der Waals surface area contributed by atoms with E-state index in [4.69, 9.17) is 16.3 Å². The maximum absolute atomic E-state index is 6.08. The van der Waals surface area contributed by atoms with Gasteiger partial charge in [0.25, 0.3) is 0 Å². The molecule has 0 saturated carbocycles. The van der Waals surface area contributed by atoms with Gasteiger partial charge in [0.15, 0.2) is 5.13 Å². The van der Waals surface area contributed by atoms with Crippen molar-refractivity contribution in [2.75, 3.05) is 38.2 Å². The Labute approximate surface area is 153 Å². The molecule has 0 N–H and O–H groups in total. The summed E-state index contributed by atoms with van der Waals surface area (Å²) in [6, 6.07) is 7.61. The predicted octanol–water partition coefficient (Wildman–Crippen LogP) is 4.30. The Balaban J connectivity index is 1.38. The summed E-state index contributed by atoms with van der Waals surface area (Å²) in [5.74, 6) is 0.763. The minimum Gasteiger partial charge on any atom is -0.492 e. The third-order valence-corrected chi connectivity index (χ3v) is 5.48. The second kappa shape index (κ2) is 8.70. The Morgan fingerprint density at radius 3 is 2.88 bits per heavy atom. The highest BCUT2D eigenvalue weighted by Crippen LogP contribution is 2.26. The highest BCUT2D eigenvalue weighted by atomic mass is 35.5. The number of para-hydroxylation sites is 1. The lowest BCUT2D eigenvalue weighted by Gasteiger charge is -2.16. The molecule has 4 nitrogen and oxygen atoms in total. The third kappa shape index (κ3) is 4.85. The van der Waals surface area contributed by atoms with Crippen molar-refractivity contribution in [2.45, 2.75) is 25.8 Å². The van der Waals surface area contributed by atoms with Gasteiger partial charge in [-0.15, -0.1) is 11.3 Å². The van der Waals surface area contributed by atoms with Crippen molar-refractivity contribution in [2.24, 2.45) is 0 Å². The fourth-order valence-electron chi connectivity index (χ4n) is 2.85. The monoisotopic (exact) mass is 365 g/mol. The van der Waals surface area contributed by atoms with E-state index in [1.54, 1.807) is 0 Å². The van der Waals surface area contributed by atoms with Crippen LogP contribution in [0.2, 0.25) is 5.02 Å². The van der Waals surface area contributed by atoms with Gasteiger partial charge < -0.3 is 14.5 Å². The molecule has 0 unspecified atom stereocenters. The van der Waals surface area contributed by atoms with Crippen molar-refractivity contribution in [1.82, 2.24) is 9.88 Å². The normalized spacial score (nSPS) is 14.5. The van der Waals surface area contributed by atoms with Gasteiger partial charge >= 0.3 is 0 Å². The van der Waals surface area contributed by atoms with E-state index in [0.29, 0.717) is 11.6 Å². The maximum atomic E-state index is 6.08. The summed E-state index contributed by atoms with van der Waals surface area (Å²) >= 11 is 7.91. The zero-order valence-electron chi connectivity index (χ0n) is 14.1. The molecule has 0 spiro atoms. The van der Waals surface area contributed by atoms with E-state index in [2.05, 4.69) is 21.8 Å². The second-order valence-corrected chi connectivity index (χ2v) is 7.67. The lowest BCUT2D eigenvalue weighted by molar-refractivity contribution is 0.260. The highest BCUT2D eigenvalue weighted by molar-refractivity contribution is 7.15. The predicted molar refractivity (Wildman–Crippen MR) is 101 cm³/mol. The first kappa shape index (κ1) is 17.5. The molecular formula is C18H24ClN3OS. The summed E-state index contributed by atoms with van der Waals surface area (Å²) in [5.41, 5.74) is 0. The molecule has 1 aliphatic heterocycles. The van der Waals surface area contributed by atoms with Gasteiger partial charge in [0.1, 0.15) is 5.75 Å². The first-order chi connectivity index (χ1) is 11.7. The number of hydrogen-bond acceptors (Lipinski definition) is 5. The van der Waals surface area contributed by atoms with Crippen LogP contribution in [0.5, 0.6) is 5.75 Å². The Hall–Kier alpha value is -1.30. The Morgan fingerprint density at radius 2 is 2.08 bits per heavy atom. The van der Waals surface area contributed by atoms with Crippen molar-refractivity contribution in [3.8, 4) is 5.75 Å². The van der Waals surface area contributed by atoms with Crippen molar-refractivity contribution >= 4 is 28.1 Å². The molecule has 130 valence electrons. The molecule has 2 aromatic rings. The summed E-state index contributed by atoms with van der Waals surface area (Å²) in [5, 5.41) is 1.85. The van der Waals surface area contributed by atoms with Gasteiger partial charge in [0.2, 0.25) is 0 Å². The molecule has 0 amide bonds. The number of thiazole rings is 1. The van der Waals surface area contributed by atoms with Crippen LogP contribution < -0.4 is 9.64 Å². The van der Waals surface area contributed by atoms with Gasteiger partial charge in [-0.05, 0) is 38.4 Å². The van der Waals surface area contributed by atoms with E-state index in [1.807, 2.05) is 41.8 Å². The largest absolute Gasteiger partial charge is 0.492 e. The fraction of sp³-hybridized carbons (Fsp3) is 0.500. The van der Waals surface area contributed by atoms with Crippen molar-refractivity contribution in [1.29, 1.82) is 0 Å². The molecule has 2 heterocycles. The number of nitrogens with zero attached hydrogens (tertiary/aromatic N) is 3. The molecule has 1 aromatic heterocycles. The third-order valence-electron chi connectivity index (χ3n) is 4.12. The number of halogens is 1. The van der Waals surface area contributed by atoms with Gasteiger partial charge in [-0.1, -0.05) is 23.7 Å². The summed E-state index contributed by atoms with van der Waals surface area (Å²) in [6.45, 7) is 4.92. The van der Waals surface area contributed by atoms with Crippen LogP contribution in [-0.2, 0) is 6.54 Å². The Kier molecular flexibility index (Phi) is 6.35. The van der Waals surface area contributed by atoms with Gasteiger partial charge in [-0.25, -0.2) is 4.98 Å². The van der Waals surface area contributed by atoms with E-state index in [9.17, 15) is 0 Å². The van der Waals surface area contributed by atoms with Crippen LogP contribution in [0.25, 0.3) is 0 Å².